The van der Waals surface area contributed by atoms with E-state index in [1.165, 1.54) is 6.08 Å². The van der Waals surface area contributed by atoms with Gasteiger partial charge in [-0.1, -0.05) is 28.6 Å². The van der Waals surface area contributed by atoms with E-state index >= 15 is 0 Å². The zero-order valence-corrected chi connectivity index (χ0v) is 18.5. The lowest BCUT2D eigenvalue weighted by Crippen LogP contribution is -2.71. The van der Waals surface area contributed by atoms with Crippen LogP contribution in [-0.2, 0) is 33.4 Å². The maximum Gasteiger partial charge on any atom is 0.417 e. The van der Waals surface area contributed by atoms with Gasteiger partial charge in [0.2, 0.25) is 5.91 Å². The van der Waals surface area contributed by atoms with Crippen molar-refractivity contribution in [2.45, 2.75) is 49.8 Å². The van der Waals surface area contributed by atoms with Crippen molar-refractivity contribution in [3.05, 3.63) is 12.7 Å². The monoisotopic (exact) mass is 481 g/mol. The standard InChI is InChI=1S/C17H24BrNO8S/c1-6-7-25-15(21)10-8-9-11(18)13(27-28(5,23)24)12(10)19(14(9)20)16(22)26-17(2,3)4/h6,9-13H,1,7-8H2,2-5H3/t9-,10-,11-,12-,13+/m0/s1. The van der Waals surface area contributed by atoms with Crippen molar-refractivity contribution < 1.29 is 36.5 Å². The maximum absolute atomic E-state index is 12.8. The van der Waals surface area contributed by atoms with E-state index in [0.29, 0.717) is 0 Å². The molecule has 0 spiro atoms. The molecule has 9 nitrogen and oxygen atoms in total. The van der Waals surface area contributed by atoms with Crippen LogP contribution in [0.3, 0.4) is 0 Å². The highest BCUT2D eigenvalue weighted by Crippen LogP contribution is 2.46. The molecular formula is C17H24BrNO8S. The van der Waals surface area contributed by atoms with E-state index in [4.69, 9.17) is 13.7 Å². The minimum absolute atomic E-state index is 0.0531. The number of amides is 2. The number of fused-ring (bicyclic) bond motifs is 3. The number of carbonyl (C=O) groups is 3. The summed E-state index contributed by atoms with van der Waals surface area (Å²) < 4.78 is 39.1. The topological polar surface area (TPSA) is 116 Å². The highest BCUT2D eigenvalue weighted by atomic mass is 79.9. The second-order valence-electron chi connectivity index (χ2n) is 7.76. The summed E-state index contributed by atoms with van der Waals surface area (Å²) >= 11 is 3.31. The molecular weight excluding hydrogens is 458 g/mol. The fourth-order valence-electron chi connectivity index (χ4n) is 3.40. The molecule has 0 radical (unpaired) electrons. The van der Waals surface area contributed by atoms with Crippen LogP contribution >= 0.6 is 15.9 Å². The lowest BCUT2D eigenvalue weighted by molar-refractivity contribution is -0.169. The van der Waals surface area contributed by atoms with Crippen LogP contribution in [0.2, 0.25) is 0 Å². The van der Waals surface area contributed by atoms with Gasteiger partial charge in [0.1, 0.15) is 18.3 Å². The van der Waals surface area contributed by atoms with Gasteiger partial charge in [-0.3, -0.25) is 13.8 Å². The summed E-state index contributed by atoms with van der Waals surface area (Å²) in [4.78, 5) is 38.2. The molecule has 1 saturated carbocycles. The second kappa shape index (κ2) is 8.11. The Morgan fingerprint density at radius 2 is 1.96 bits per heavy atom. The van der Waals surface area contributed by atoms with E-state index in [1.807, 2.05) is 0 Å². The molecule has 3 fully saturated rings. The number of alkyl halides is 1. The molecule has 1 aliphatic carbocycles. The Balaban J connectivity index is 2.46. The van der Waals surface area contributed by atoms with Crippen LogP contribution in [0.5, 0.6) is 0 Å². The Kier molecular flexibility index (Phi) is 6.61. The van der Waals surface area contributed by atoms with Gasteiger partial charge in [-0.2, -0.15) is 8.42 Å². The van der Waals surface area contributed by atoms with Crippen LogP contribution in [0.15, 0.2) is 12.7 Å². The van der Waals surface area contributed by atoms with Crippen molar-refractivity contribution in [3.63, 3.8) is 0 Å². The Hall–Kier alpha value is -1.46. The third kappa shape index (κ3) is 4.93. The Morgan fingerprint density at radius 1 is 1.36 bits per heavy atom. The summed E-state index contributed by atoms with van der Waals surface area (Å²) in [5.41, 5.74) is -0.895. The van der Waals surface area contributed by atoms with Crippen LogP contribution < -0.4 is 0 Å². The molecule has 2 heterocycles. The zero-order chi connectivity index (χ0) is 21.4. The van der Waals surface area contributed by atoms with E-state index in [0.717, 1.165) is 11.2 Å². The largest absolute Gasteiger partial charge is 0.461 e. The number of rotatable bonds is 5. The van der Waals surface area contributed by atoms with Gasteiger partial charge in [0.05, 0.1) is 29.0 Å². The first-order valence-corrected chi connectivity index (χ1v) is 11.4. The number of piperidine rings is 2. The van der Waals surface area contributed by atoms with E-state index in [2.05, 4.69) is 22.5 Å². The number of nitrogens with zero attached hydrogens (tertiary/aromatic N) is 1. The van der Waals surface area contributed by atoms with Gasteiger partial charge < -0.3 is 9.47 Å². The lowest BCUT2D eigenvalue weighted by atomic mass is 9.70. The van der Waals surface area contributed by atoms with E-state index in [-0.39, 0.29) is 13.0 Å². The number of hydrogen-bond donors (Lipinski definition) is 0. The number of hydrogen-bond acceptors (Lipinski definition) is 8. The zero-order valence-electron chi connectivity index (χ0n) is 16.1. The highest BCUT2D eigenvalue weighted by Gasteiger charge is 2.62. The van der Waals surface area contributed by atoms with Gasteiger partial charge in [-0.05, 0) is 27.2 Å². The minimum Gasteiger partial charge on any atom is -0.461 e. The van der Waals surface area contributed by atoms with E-state index < -0.39 is 62.5 Å². The predicted octanol–water partition coefficient (Wildman–Crippen LogP) is 1.61. The van der Waals surface area contributed by atoms with Crippen LogP contribution in [0.25, 0.3) is 0 Å². The third-order valence-electron chi connectivity index (χ3n) is 4.33. The maximum atomic E-state index is 12.8. The number of esters is 1. The molecule has 0 aromatic heterocycles. The molecule has 28 heavy (non-hydrogen) atoms. The summed E-state index contributed by atoms with van der Waals surface area (Å²) in [5, 5.41) is 0. The van der Waals surface area contributed by atoms with Crippen molar-refractivity contribution in [1.82, 2.24) is 4.90 Å². The normalized spacial score (nSPS) is 30.1. The summed E-state index contributed by atoms with van der Waals surface area (Å²) in [7, 11) is -3.94. The van der Waals surface area contributed by atoms with E-state index in [1.54, 1.807) is 20.8 Å². The van der Waals surface area contributed by atoms with Crippen molar-refractivity contribution in [2.24, 2.45) is 11.8 Å². The molecule has 0 aromatic carbocycles. The number of imide groups is 1. The summed E-state index contributed by atoms with van der Waals surface area (Å²) in [6, 6.07) is -1.19. The molecule has 5 atom stereocenters. The van der Waals surface area contributed by atoms with Gasteiger partial charge >= 0.3 is 12.1 Å². The first-order valence-electron chi connectivity index (χ1n) is 8.62. The Morgan fingerprint density at radius 3 is 2.46 bits per heavy atom. The highest BCUT2D eigenvalue weighted by molar-refractivity contribution is 9.09. The molecule has 2 bridgehead atoms. The molecule has 0 unspecified atom stereocenters. The fourth-order valence-corrected chi connectivity index (χ4v) is 5.04. The van der Waals surface area contributed by atoms with Crippen LogP contribution in [-0.4, -0.2) is 66.7 Å². The smallest absolute Gasteiger partial charge is 0.417 e. The molecule has 2 amide bonds. The summed E-state index contributed by atoms with van der Waals surface area (Å²) in [5.74, 6) is -3.03. The van der Waals surface area contributed by atoms with Crippen LogP contribution in [0.4, 0.5) is 4.79 Å². The average Bonchev–Trinajstić information content (AvgIpc) is 2.52. The van der Waals surface area contributed by atoms with E-state index in [9.17, 15) is 22.8 Å². The summed E-state index contributed by atoms with van der Waals surface area (Å²) in [6.45, 7) is 8.31. The fraction of sp³-hybridized carbons (Fsp3) is 0.706. The number of carbonyl (C=O) groups excluding carboxylic acids is 3. The number of halogens is 1. The summed E-state index contributed by atoms with van der Waals surface area (Å²) in [6.07, 6.45) is 0.224. The van der Waals surface area contributed by atoms with Crippen molar-refractivity contribution in [2.75, 3.05) is 12.9 Å². The first kappa shape index (κ1) is 22.8. The van der Waals surface area contributed by atoms with Crippen molar-refractivity contribution in [1.29, 1.82) is 0 Å². The van der Waals surface area contributed by atoms with Crippen molar-refractivity contribution in [3.8, 4) is 0 Å². The molecule has 0 aromatic rings. The number of ether oxygens (including phenoxy) is 2. The van der Waals surface area contributed by atoms with Gasteiger partial charge in [0.15, 0.2) is 0 Å². The molecule has 2 saturated heterocycles. The van der Waals surface area contributed by atoms with Gasteiger partial charge in [-0.25, -0.2) is 9.69 Å². The van der Waals surface area contributed by atoms with Gasteiger partial charge in [-0.15, -0.1) is 0 Å². The molecule has 3 aliphatic rings. The Bertz CT molecular complexity index is 775. The molecule has 11 heteroatoms. The average molecular weight is 482 g/mol. The molecule has 158 valence electrons. The SMILES string of the molecule is C=CCOC(=O)[C@H]1C[C@@H]2C(=O)N(C(=O)OC(C)(C)C)[C@@H]1[C@H](OS(C)(=O)=O)[C@H]2Br. The van der Waals surface area contributed by atoms with Crippen LogP contribution in [0.1, 0.15) is 27.2 Å². The predicted molar refractivity (Wildman–Crippen MR) is 102 cm³/mol. The minimum atomic E-state index is -3.94. The first-order chi connectivity index (χ1) is 12.8. The lowest BCUT2D eigenvalue weighted by Gasteiger charge is -2.52. The molecule has 3 rings (SSSR count). The van der Waals surface area contributed by atoms with Crippen LogP contribution in [0, 0.1) is 11.8 Å². The van der Waals surface area contributed by atoms with Gasteiger partial charge in [0.25, 0.3) is 10.1 Å². The third-order valence-corrected chi connectivity index (χ3v) is 6.06. The van der Waals surface area contributed by atoms with Crippen molar-refractivity contribution >= 4 is 44.0 Å². The van der Waals surface area contributed by atoms with Gasteiger partial charge in [0, 0.05) is 0 Å². The quantitative estimate of drug-likeness (QED) is 0.251. The molecule has 2 aliphatic heterocycles. The Labute approximate surface area is 172 Å². The second-order valence-corrected chi connectivity index (χ2v) is 10.4. The molecule has 0 N–H and O–H groups in total.